The Hall–Kier alpha value is -1.48. The molecule has 2 N–H and O–H groups in total. The second kappa shape index (κ2) is 4.32. The summed E-state index contributed by atoms with van der Waals surface area (Å²) in [7, 11) is 0. The van der Waals surface area contributed by atoms with E-state index in [9.17, 15) is 0 Å². The Labute approximate surface area is 116 Å². The number of fused-ring (bicyclic) bond motifs is 1. The number of hydrogen-bond acceptors (Lipinski definition) is 2. The highest BCUT2D eigenvalue weighted by molar-refractivity contribution is 9.10. The molecule has 0 unspecified atom stereocenters. The van der Waals surface area contributed by atoms with Gasteiger partial charge in [-0.3, -0.25) is 0 Å². The summed E-state index contributed by atoms with van der Waals surface area (Å²) in [5.74, 6) is 0. The summed E-state index contributed by atoms with van der Waals surface area (Å²) in [4.78, 5) is 2.38. The average Bonchev–Trinajstić information content (AvgIpc) is 2.74. The fourth-order valence-corrected chi connectivity index (χ4v) is 2.95. The summed E-state index contributed by atoms with van der Waals surface area (Å²) < 4.78 is 1.15. The van der Waals surface area contributed by atoms with Crippen molar-refractivity contribution in [3.05, 3.63) is 57.6 Å². The standard InChI is InChI=1S/C15H15BrN2/c1-10-2-5-14(16)15(6-10)18-8-11-3-4-13(17)7-12(11)9-18/h2-7H,8-9,17H2,1H3. The molecule has 0 aliphatic carbocycles. The highest BCUT2D eigenvalue weighted by atomic mass is 79.9. The van der Waals surface area contributed by atoms with Crippen LogP contribution >= 0.6 is 15.9 Å². The molecule has 0 fully saturated rings. The molecule has 3 rings (SSSR count). The van der Waals surface area contributed by atoms with Crippen molar-refractivity contribution in [1.29, 1.82) is 0 Å². The predicted molar refractivity (Wildman–Crippen MR) is 79.6 cm³/mol. The molecule has 1 aliphatic rings. The second-order valence-electron chi connectivity index (χ2n) is 4.84. The fourth-order valence-electron chi connectivity index (χ4n) is 2.45. The Morgan fingerprint density at radius 3 is 2.67 bits per heavy atom. The molecule has 0 bridgehead atoms. The lowest BCUT2D eigenvalue weighted by Gasteiger charge is -2.20. The van der Waals surface area contributed by atoms with Gasteiger partial charge in [0.2, 0.25) is 0 Å². The van der Waals surface area contributed by atoms with Crippen molar-refractivity contribution in [1.82, 2.24) is 0 Å². The quantitative estimate of drug-likeness (QED) is 0.811. The zero-order valence-electron chi connectivity index (χ0n) is 10.3. The van der Waals surface area contributed by atoms with E-state index >= 15 is 0 Å². The lowest BCUT2D eigenvalue weighted by atomic mass is 10.1. The molecule has 2 nitrogen and oxygen atoms in total. The van der Waals surface area contributed by atoms with E-state index in [0.29, 0.717) is 0 Å². The molecule has 1 heterocycles. The summed E-state index contributed by atoms with van der Waals surface area (Å²) in [5.41, 5.74) is 11.9. The van der Waals surface area contributed by atoms with E-state index in [-0.39, 0.29) is 0 Å². The van der Waals surface area contributed by atoms with Gasteiger partial charge in [0.1, 0.15) is 0 Å². The van der Waals surface area contributed by atoms with Gasteiger partial charge >= 0.3 is 0 Å². The van der Waals surface area contributed by atoms with Crippen LogP contribution in [-0.2, 0) is 13.1 Å². The van der Waals surface area contributed by atoms with Gasteiger partial charge in [0, 0.05) is 23.2 Å². The third-order valence-corrected chi connectivity index (χ3v) is 4.07. The molecular formula is C15H15BrN2. The third kappa shape index (κ3) is 1.99. The van der Waals surface area contributed by atoms with Crippen LogP contribution in [0.2, 0.25) is 0 Å². The van der Waals surface area contributed by atoms with E-state index in [1.807, 2.05) is 6.07 Å². The number of anilines is 2. The first-order valence-corrected chi connectivity index (χ1v) is 6.81. The van der Waals surface area contributed by atoms with Gasteiger partial charge in [0.25, 0.3) is 0 Å². The molecule has 92 valence electrons. The van der Waals surface area contributed by atoms with Crippen LogP contribution in [0.4, 0.5) is 11.4 Å². The van der Waals surface area contributed by atoms with Crippen molar-refractivity contribution < 1.29 is 0 Å². The average molecular weight is 303 g/mol. The summed E-state index contributed by atoms with van der Waals surface area (Å²) in [6.07, 6.45) is 0. The van der Waals surface area contributed by atoms with Gasteiger partial charge in [-0.15, -0.1) is 0 Å². The second-order valence-corrected chi connectivity index (χ2v) is 5.69. The molecule has 3 heteroatoms. The van der Waals surface area contributed by atoms with Gasteiger partial charge < -0.3 is 10.6 Å². The molecule has 0 atom stereocenters. The maximum absolute atomic E-state index is 5.84. The first-order chi connectivity index (χ1) is 8.63. The van der Waals surface area contributed by atoms with E-state index in [2.05, 4.69) is 58.1 Å². The van der Waals surface area contributed by atoms with Crippen molar-refractivity contribution in [3.63, 3.8) is 0 Å². The smallest absolute Gasteiger partial charge is 0.0519 e. The van der Waals surface area contributed by atoms with Crippen LogP contribution in [0.3, 0.4) is 0 Å². The number of nitrogens with two attached hydrogens (primary N) is 1. The molecule has 0 aromatic heterocycles. The van der Waals surface area contributed by atoms with Gasteiger partial charge in [-0.25, -0.2) is 0 Å². The monoisotopic (exact) mass is 302 g/mol. The minimum atomic E-state index is 0.846. The van der Waals surface area contributed by atoms with Crippen molar-refractivity contribution in [3.8, 4) is 0 Å². The Kier molecular flexibility index (Phi) is 2.78. The molecule has 0 radical (unpaired) electrons. The highest BCUT2D eigenvalue weighted by Crippen LogP contribution is 2.34. The van der Waals surface area contributed by atoms with E-state index in [1.54, 1.807) is 0 Å². The topological polar surface area (TPSA) is 29.3 Å². The van der Waals surface area contributed by atoms with Crippen molar-refractivity contribution in [2.24, 2.45) is 0 Å². The van der Waals surface area contributed by atoms with Gasteiger partial charge in [0.05, 0.1) is 5.69 Å². The molecule has 2 aromatic carbocycles. The first-order valence-electron chi connectivity index (χ1n) is 6.02. The largest absolute Gasteiger partial charge is 0.399 e. The number of hydrogen-bond donors (Lipinski definition) is 1. The van der Waals surface area contributed by atoms with Gasteiger partial charge in [-0.1, -0.05) is 12.1 Å². The Balaban J connectivity index is 1.96. The number of benzene rings is 2. The number of nitrogens with zero attached hydrogens (tertiary/aromatic N) is 1. The summed E-state index contributed by atoms with van der Waals surface area (Å²) >= 11 is 3.63. The number of nitrogen functional groups attached to an aromatic ring is 1. The Morgan fingerprint density at radius 2 is 1.83 bits per heavy atom. The van der Waals surface area contributed by atoms with Gasteiger partial charge in [0.15, 0.2) is 0 Å². The zero-order chi connectivity index (χ0) is 12.7. The van der Waals surface area contributed by atoms with E-state index < -0.39 is 0 Å². The molecule has 18 heavy (non-hydrogen) atoms. The van der Waals surface area contributed by atoms with Crippen LogP contribution in [0.15, 0.2) is 40.9 Å². The molecule has 2 aromatic rings. The van der Waals surface area contributed by atoms with Crippen molar-refractivity contribution in [2.45, 2.75) is 20.0 Å². The first kappa shape index (κ1) is 11.6. The van der Waals surface area contributed by atoms with Gasteiger partial charge in [-0.05, 0) is 63.8 Å². The lowest BCUT2D eigenvalue weighted by molar-refractivity contribution is 0.876. The van der Waals surface area contributed by atoms with Crippen molar-refractivity contribution >= 4 is 27.3 Å². The third-order valence-electron chi connectivity index (χ3n) is 3.40. The van der Waals surface area contributed by atoms with Crippen LogP contribution in [0.5, 0.6) is 0 Å². The SMILES string of the molecule is Cc1ccc(Br)c(N2Cc3ccc(N)cc3C2)c1. The van der Waals surface area contributed by atoms with E-state index in [0.717, 1.165) is 23.2 Å². The predicted octanol–water partition coefficient (Wildman–Crippen LogP) is 3.86. The molecule has 0 saturated heterocycles. The molecule has 0 amide bonds. The highest BCUT2D eigenvalue weighted by Gasteiger charge is 2.20. The molecule has 0 saturated carbocycles. The maximum Gasteiger partial charge on any atom is 0.0519 e. The lowest BCUT2D eigenvalue weighted by Crippen LogP contribution is -2.15. The van der Waals surface area contributed by atoms with Crippen LogP contribution < -0.4 is 10.6 Å². The van der Waals surface area contributed by atoms with Crippen LogP contribution in [0.25, 0.3) is 0 Å². The summed E-state index contributed by atoms with van der Waals surface area (Å²) in [6.45, 7) is 4.01. The number of rotatable bonds is 1. The maximum atomic E-state index is 5.84. The Bertz CT molecular complexity index is 607. The van der Waals surface area contributed by atoms with E-state index in [4.69, 9.17) is 5.73 Å². The van der Waals surface area contributed by atoms with Crippen LogP contribution in [0.1, 0.15) is 16.7 Å². The molecular weight excluding hydrogens is 288 g/mol. The Morgan fingerprint density at radius 1 is 1.06 bits per heavy atom. The number of halogens is 1. The summed E-state index contributed by atoms with van der Waals surface area (Å²) in [6, 6.07) is 12.6. The fraction of sp³-hybridized carbons (Fsp3) is 0.200. The summed E-state index contributed by atoms with van der Waals surface area (Å²) in [5, 5.41) is 0. The minimum Gasteiger partial charge on any atom is -0.399 e. The van der Waals surface area contributed by atoms with E-state index in [1.165, 1.54) is 22.4 Å². The number of aryl methyl sites for hydroxylation is 1. The minimum absolute atomic E-state index is 0.846. The van der Waals surface area contributed by atoms with Crippen LogP contribution in [0, 0.1) is 6.92 Å². The molecule has 1 aliphatic heterocycles. The normalized spacial score (nSPS) is 13.8. The van der Waals surface area contributed by atoms with Crippen molar-refractivity contribution in [2.75, 3.05) is 10.6 Å². The zero-order valence-corrected chi connectivity index (χ0v) is 11.9. The van der Waals surface area contributed by atoms with Crippen LogP contribution in [-0.4, -0.2) is 0 Å². The van der Waals surface area contributed by atoms with Gasteiger partial charge in [-0.2, -0.15) is 0 Å². The molecule has 0 spiro atoms.